The molecule has 1 heterocycles. The normalized spacial score (nSPS) is 11.4. The van der Waals surface area contributed by atoms with E-state index in [1.165, 1.54) is 24.3 Å². The number of rotatable bonds is 3. The lowest BCUT2D eigenvalue weighted by atomic mass is 10.1. The number of furan rings is 1. The molecule has 0 aliphatic heterocycles. The number of aryl methyl sites for hydroxylation is 1. The molecule has 2 rings (SSSR count). The fourth-order valence-corrected chi connectivity index (χ4v) is 2.51. The van der Waals surface area contributed by atoms with Gasteiger partial charge < -0.3 is 9.73 Å². The molecule has 21 heavy (non-hydrogen) atoms. The summed E-state index contributed by atoms with van der Waals surface area (Å²) in [5.74, 6) is -0.506. The van der Waals surface area contributed by atoms with Gasteiger partial charge in [-0.2, -0.15) is 0 Å². The molecule has 1 aromatic heterocycles. The number of halogens is 1. The fourth-order valence-electron chi connectivity index (χ4n) is 1.74. The monoisotopic (exact) mass is 328 g/mol. The zero-order chi connectivity index (χ0) is 15.8. The first kappa shape index (κ1) is 15.6. The summed E-state index contributed by atoms with van der Waals surface area (Å²) in [4.78, 5) is 11.9. The molecule has 0 fully saturated rings. The second-order valence-corrected chi connectivity index (χ2v) is 6.45. The Morgan fingerprint density at radius 3 is 2.48 bits per heavy atom. The number of hydrogen-bond acceptors (Lipinski definition) is 4. The van der Waals surface area contributed by atoms with Gasteiger partial charge in [0.1, 0.15) is 0 Å². The molecule has 1 aromatic carbocycles. The summed E-state index contributed by atoms with van der Waals surface area (Å²) < 4.78 is 27.9. The van der Waals surface area contributed by atoms with Gasteiger partial charge >= 0.3 is 0 Å². The molecule has 1 amide bonds. The van der Waals surface area contributed by atoms with Crippen molar-refractivity contribution >= 4 is 33.2 Å². The third kappa shape index (κ3) is 3.44. The molecule has 0 aliphatic rings. The smallest absolute Gasteiger partial charge is 0.291 e. The largest absolute Gasteiger partial charge is 0.440 e. The minimum atomic E-state index is -3.86. The third-order valence-electron chi connectivity index (χ3n) is 3.01. The van der Waals surface area contributed by atoms with E-state index < -0.39 is 15.9 Å². The molecule has 2 aromatic rings. The van der Waals surface area contributed by atoms with E-state index in [-0.39, 0.29) is 15.9 Å². The Morgan fingerprint density at radius 2 is 1.95 bits per heavy atom. The van der Waals surface area contributed by atoms with Crippen molar-refractivity contribution in [3.05, 3.63) is 46.4 Å². The molecule has 3 N–H and O–H groups in total. The highest BCUT2D eigenvalue weighted by Crippen LogP contribution is 2.24. The molecule has 112 valence electrons. The third-order valence-corrected chi connectivity index (χ3v) is 4.11. The molecule has 0 saturated heterocycles. The topological polar surface area (TPSA) is 102 Å². The van der Waals surface area contributed by atoms with Crippen molar-refractivity contribution < 1.29 is 17.6 Å². The maximum absolute atomic E-state index is 12.0. The van der Waals surface area contributed by atoms with Crippen molar-refractivity contribution in [2.24, 2.45) is 5.14 Å². The molecule has 0 atom stereocenters. The Morgan fingerprint density at radius 1 is 1.29 bits per heavy atom. The van der Waals surface area contributed by atoms with Crippen LogP contribution in [0.25, 0.3) is 0 Å². The van der Waals surface area contributed by atoms with E-state index in [1.807, 2.05) is 0 Å². The first-order valence-corrected chi connectivity index (χ1v) is 7.81. The van der Waals surface area contributed by atoms with E-state index in [0.29, 0.717) is 11.3 Å². The van der Waals surface area contributed by atoms with Crippen LogP contribution in [0.4, 0.5) is 5.69 Å². The second-order valence-electron chi connectivity index (χ2n) is 4.52. The number of amides is 1. The second kappa shape index (κ2) is 5.51. The van der Waals surface area contributed by atoms with E-state index in [4.69, 9.17) is 21.2 Å². The van der Waals surface area contributed by atoms with Gasteiger partial charge in [-0.1, -0.05) is 0 Å². The Kier molecular flexibility index (Phi) is 4.08. The summed E-state index contributed by atoms with van der Waals surface area (Å²) in [7, 11) is -3.86. The maximum atomic E-state index is 12.0. The number of carbonyl (C=O) groups is 1. The molecule has 0 bridgehead atoms. The zero-order valence-corrected chi connectivity index (χ0v) is 12.9. The summed E-state index contributed by atoms with van der Waals surface area (Å²) in [6, 6.07) is 5.61. The number of anilines is 1. The van der Waals surface area contributed by atoms with Crippen molar-refractivity contribution in [2.75, 3.05) is 5.32 Å². The maximum Gasteiger partial charge on any atom is 0.291 e. The lowest BCUT2D eigenvalue weighted by Gasteiger charge is -2.12. The minimum absolute atomic E-state index is 0.0260. The van der Waals surface area contributed by atoms with Crippen molar-refractivity contribution in [3.8, 4) is 0 Å². The highest BCUT2D eigenvalue weighted by molar-refractivity contribution is 7.89. The van der Waals surface area contributed by atoms with Crippen LogP contribution < -0.4 is 10.5 Å². The van der Waals surface area contributed by atoms with Crippen LogP contribution in [0.15, 0.2) is 33.6 Å². The van der Waals surface area contributed by atoms with E-state index in [2.05, 4.69) is 5.32 Å². The van der Waals surface area contributed by atoms with Gasteiger partial charge in [-0.3, -0.25) is 4.79 Å². The van der Waals surface area contributed by atoms with Crippen LogP contribution in [0.2, 0.25) is 5.22 Å². The summed E-state index contributed by atoms with van der Waals surface area (Å²) >= 11 is 5.61. The van der Waals surface area contributed by atoms with Crippen LogP contribution in [0.5, 0.6) is 0 Å². The SMILES string of the molecule is Cc1cc(S(N)(=O)=O)cc(NC(=O)c2ccc(Cl)o2)c1C. The number of hydrogen-bond donors (Lipinski definition) is 2. The predicted molar refractivity (Wildman–Crippen MR) is 79.0 cm³/mol. The quantitative estimate of drug-likeness (QED) is 0.903. The van der Waals surface area contributed by atoms with Crippen molar-refractivity contribution in [2.45, 2.75) is 18.7 Å². The molecule has 8 heteroatoms. The molecule has 0 saturated carbocycles. The van der Waals surface area contributed by atoms with Gasteiger partial charge in [0.2, 0.25) is 10.0 Å². The summed E-state index contributed by atoms with van der Waals surface area (Å²) in [5.41, 5.74) is 1.76. The number of nitrogens with one attached hydrogen (secondary N) is 1. The number of primary sulfonamides is 1. The van der Waals surface area contributed by atoms with Crippen LogP contribution in [0.1, 0.15) is 21.7 Å². The van der Waals surface area contributed by atoms with Gasteiger partial charge in [-0.25, -0.2) is 13.6 Å². The highest BCUT2D eigenvalue weighted by atomic mass is 35.5. The average Bonchev–Trinajstić information content (AvgIpc) is 2.80. The molecule has 6 nitrogen and oxygen atoms in total. The van der Waals surface area contributed by atoms with Crippen LogP contribution in [0.3, 0.4) is 0 Å². The molecule has 0 aliphatic carbocycles. The van der Waals surface area contributed by atoms with Crippen LogP contribution in [0, 0.1) is 13.8 Å². The lowest BCUT2D eigenvalue weighted by molar-refractivity contribution is 0.0996. The summed E-state index contributed by atoms with van der Waals surface area (Å²) in [6.07, 6.45) is 0. The fraction of sp³-hybridized carbons (Fsp3) is 0.154. The number of sulfonamides is 1. The Hall–Kier alpha value is -1.83. The average molecular weight is 329 g/mol. The van der Waals surface area contributed by atoms with Crippen LogP contribution in [-0.2, 0) is 10.0 Å². The minimum Gasteiger partial charge on any atom is -0.440 e. The Balaban J connectivity index is 2.40. The van der Waals surface area contributed by atoms with E-state index >= 15 is 0 Å². The highest BCUT2D eigenvalue weighted by Gasteiger charge is 2.16. The van der Waals surface area contributed by atoms with Crippen LogP contribution >= 0.6 is 11.6 Å². The lowest BCUT2D eigenvalue weighted by Crippen LogP contribution is -2.16. The summed E-state index contributed by atoms with van der Waals surface area (Å²) in [5, 5.41) is 7.78. The van der Waals surface area contributed by atoms with Gasteiger partial charge in [0.25, 0.3) is 5.91 Å². The number of benzene rings is 1. The van der Waals surface area contributed by atoms with Gasteiger partial charge in [0.05, 0.1) is 4.90 Å². The van der Waals surface area contributed by atoms with E-state index in [1.54, 1.807) is 13.8 Å². The van der Waals surface area contributed by atoms with Gasteiger partial charge in [-0.15, -0.1) is 0 Å². The van der Waals surface area contributed by atoms with Crippen LogP contribution in [-0.4, -0.2) is 14.3 Å². The zero-order valence-electron chi connectivity index (χ0n) is 11.3. The van der Waals surface area contributed by atoms with E-state index in [0.717, 1.165) is 5.56 Å². The number of carbonyl (C=O) groups excluding carboxylic acids is 1. The van der Waals surface area contributed by atoms with E-state index in [9.17, 15) is 13.2 Å². The van der Waals surface area contributed by atoms with Gasteiger partial charge in [0.15, 0.2) is 11.0 Å². The molecule has 0 spiro atoms. The number of nitrogens with two attached hydrogens (primary N) is 1. The Bertz CT molecular complexity index is 812. The summed E-state index contributed by atoms with van der Waals surface area (Å²) in [6.45, 7) is 3.48. The molecule has 0 radical (unpaired) electrons. The van der Waals surface area contributed by atoms with Gasteiger partial charge in [0, 0.05) is 5.69 Å². The first-order chi connectivity index (χ1) is 9.68. The predicted octanol–water partition coefficient (Wildman–Crippen LogP) is 2.45. The molecular weight excluding hydrogens is 316 g/mol. The Labute approximate surface area is 126 Å². The van der Waals surface area contributed by atoms with Crippen molar-refractivity contribution in [3.63, 3.8) is 0 Å². The van der Waals surface area contributed by atoms with Crippen molar-refractivity contribution in [1.29, 1.82) is 0 Å². The van der Waals surface area contributed by atoms with Gasteiger partial charge in [-0.05, 0) is 60.8 Å². The standard InChI is InChI=1S/C13H13ClN2O4S/c1-7-5-9(21(15,18)19)6-10(8(7)2)16-13(17)11-3-4-12(14)20-11/h3-6H,1-2H3,(H,16,17)(H2,15,18,19). The first-order valence-electron chi connectivity index (χ1n) is 5.89. The van der Waals surface area contributed by atoms with Crippen molar-refractivity contribution in [1.82, 2.24) is 0 Å². The molecule has 0 unspecified atom stereocenters. The molecular formula is C13H13ClN2O4S.